The number of amides is 2. The first-order valence-corrected chi connectivity index (χ1v) is 12.1. The van der Waals surface area contributed by atoms with Crippen molar-refractivity contribution >= 4 is 11.8 Å². The van der Waals surface area contributed by atoms with Gasteiger partial charge in [-0.05, 0) is 74.8 Å². The second-order valence-electron chi connectivity index (χ2n) is 10.5. The molecule has 7 atom stereocenters. The molecule has 2 saturated carbocycles. The summed E-state index contributed by atoms with van der Waals surface area (Å²) < 4.78 is 5.59. The summed E-state index contributed by atoms with van der Waals surface area (Å²) >= 11 is 0. The molecule has 178 valence electrons. The number of ether oxygens (including phenoxy) is 1. The van der Waals surface area contributed by atoms with Gasteiger partial charge in [0.1, 0.15) is 5.75 Å². The molecule has 2 aliphatic carbocycles. The molecule has 32 heavy (non-hydrogen) atoms. The number of hydrogen-bond acceptors (Lipinski definition) is 4. The molecule has 0 heterocycles. The van der Waals surface area contributed by atoms with Crippen LogP contribution in [0.1, 0.15) is 60.3 Å². The maximum absolute atomic E-state index is 12.6. The van der Waals surface area contributed by atoms with Gasteiger partial charge in [-0.2, -0.15) is 0 Å². The van der Waals surface area contributed by atoms with Crippen LogP contribution < -0.4 is 15.4 Å². The van der Waals surface area contributed by atoms with E-state index in [-0.39, 0.29) is 59.6 Å². The summed E-state index contributed by atoms with van der Waals surface area (Å²) in [6.07, 6.45) is 3.16. The van der Waals surface area contributed by atoms with Gasteiger partial charge in [0.05, 0.1) is 6.10 Å². The van der Waals surface area contributed by atoms with Crippen molar-refractivity contribution in [3.8, 4) is 5.75 Å². The van der Waals surface area contributed by atoms with Crippen molar-refractivity contribution in [3.63, 3.8) is 0 Å². The van der Waals surface area contributed by atoms with E-state index < -0.39 is 6.10 Å². The lowest BCUT2D eigenvalue weighted by molar-refractivity contribution is -0.144. The van der Waals surface area contributed by atoms with Gasteiger partial charge in [-0.1, -0.05) is 39.0 Å². The van der Waals surface area contributed by atoms with Crippen molar-refractivity contribution in [1.82, 2.24) is 10.6 Å². The van der Waals surface area contributed by atoms with Crippen molar-refractivity contribution in [2.75, 3.05) is 6.61 Å². The number of aliphatic hydroxyl groups excluding tert-OH is 1. The Morgan fingerprint density at radius 1 is 1.16 bits per heavy atom. The predicted octanol–water partition coefficient (Wildman–Crippen LogP) is 3.53. The average Bonchev–Trinajstić information content (AvgIpc) is 2.74. The summed E-state index contributed by atoms with van der Waals surface area (Å²) in [5, 5.41) is 17.6. The first-order chi connectivity index (χ1) is 15.1. The number of carbonyl (C=O) groups excluding carboxylic acids is 2. The van der Waals surface area contributed by atoms with Crippen molar-refractivity contribution in [2.24, 2.45) is 29.1 Å². The third-order valence-electron chi connectivity index (χ3n) is 7.83. The Hall–Kier alpha value is -2.08. The molecule has 0 bridgehead atoms. The second-order valence-corrected chi connectivity index (χ2v) is 10.5. The van der Waals surface area contributed by atoms with Gasteiger partial charge in [-0.15, -0.1) is 0 Å². The van der Waals surface area contributed by atoms with Crippen LogP contribution in [-0.4, -0.2) is 41.7 Å². The minimum absolute atomic E-state index is 0.00635. The summed E-state index contributed by atoms with van der Waals surface area (Å²) in [5.41, 5.74) is 0.0331. The second kappa shape index (κ2) is 10.2. The molecule has 3 rings (SSSR count). The Kier molecular flexibility index (Phi) is 7.86. The zero-order valence-electron chi connectivity index (χ0n) is 20.1. The smallest absolute Gasteiger partial charge is 0.258 e. The maximum atomic E-state index is 12.6. The van der Waals surface area contributed by atoms with Crippen LogP contribution in [-0.2, 0) is 9.59 Å². The highest BCUT2D eigenvalue weighted by Crippen LogP contribution is 2.55. The Bertz CT molecular complexity index is 783. The van der Waals surface area contributed by atoms with Crippen LogP contribution in [0.3, 0.4) is 0 Å². The summed E-state index contributed by atoms with van der Waals surface area (Å²) in [7, 11) is 0. The van der Waals surface area contributed by atoms with Gasteiger partial charge in [-0.3, -0.25) is 9.59 Å². The minimum atomic E-state index is -0.558. The van der Waals surface area contributed by atoms with E-state index in [2.05, 4.69) is 24.5 Å². The van der Waals surface area contributed by atoms with Crippen LogP contribution in [0.15, 0.2) is 30.3 Å². The summed E-state index contributed by atoms with van der Waals surface area (Å²) in [6, 6.07) is 9.40. The Morgan fingerprint density at radius 2 is 1.81 bits per heavy atom. The molecule has 0 aromatic heterocycles. The number of rotatable bonds is 7. The van der Waals surface area contributed by atoms with Crippen LogP contribution in [0.25, 0.3) is 0 Å². The number of hydrogen-bond donors (Lipinski definition) is 3. The fraction of sp³-hybridized carbons (Fsp3) is 0.692. The molecule has 2 aliphatic rings. The zero-order valence-corrected chi connectivity index (χ0v) is 20.1. The Labute approximate surface area is 192 Å². The fourth-order valence-electron chi connectivity index (χ4n) is 6.02. The number of benzene rings is 1. The Morgan fingerprint density at radius 3 is 2.47 bits per heavy atom. The van der Waals surface area contributed by atoms with E-state index in [1.807, 2.05) is 51.1 Å². The third-order valence-corrected chi connectivity index (χ3v) is 7.83. The first-order valence-electron chi connectivity index (χ1n) is 12.1. The molecule has 0 radical (unpaired) electrons. The van der Waals surface area contributed by atoms with Gasteiger partial charge in [0.2, 0.25) is 5.91 Å². The van der Waals surface area contributed by atoms with Gasteiger partial charge in [0.25, 0.3) is 5.91 Å². The van der Waals surface area contributed by atoms with E-state index in [4.69, 9.17) is 4.74 Å². The monoisotopic (exact) mass is 444 g/mol. The van der Waals surface area contributed by atoms with Crippen LogP contribution in [0.5, 0.6) is 5.75 Å². The lowest BCUT2D eigenvalue weighted by atomic mass is 9.51. The van der Waals surface area contributed by atoms with E-state index in [0.29, 0.717) is 5.75 Å². The van der Waals surface area contributed by atoms with Gasteiger partial charge in [0, 0.05) is 18.0 Å². The van der Waals surface area contributed by atoms with E-state index in [1.54, 1.807) is 0 Å². The molecule has 6 heteroatoms. The molecule has 1 aromatic carbocycles. The van der Waals surface area contributed by atoms with Crippen LogP contribution >= 0.6 is 0 Å². The standard InChI is InChI=1S/C26H40N2O4/c1-16(2)27-25(31)17(3)20-11-13-26(5)14-12-21(18(4)23(26)24(20)30)28-22(29)15-32-19-9-7-6-8-10-19/h6-10,16-18,20-21,23-24,30H,11-15H2,1-5H3,(H,27,31)(H,28,29)/t17-,18-,20+,21-,23+,24-,26+/m0/s1. The lowest BCUT2D eigenvalue weighted by Gasteiger charge is -2.56. The lowest BCUT2D eigenvalue weighted by Crippen LogP contribution is -2.59. The highest BCUT2D eigenvalue weighted by molar-refractivity contribution is 5.79. The molecule has 0 spiro atoms. The summed E-state index contributed by atoms with van der Waals surface area (Å²) in [5.74, 6) is 0.409. The normalized spacial score (nSPS) is 33.2. The molecular weight excluding hydrogens is 404 g/mol. The van der Waals surface area contributed by atoms with Gasteiger partial charge < -0.3 is 20.5 Å². The summed E-state index contributed by atoms with van der Waals surface area (Å²) in [6.45, 7) is 10.2. The van der Waals surface area contributed by atoms with Crippen molar-refractivity contribution in [2.45, 2.75) is 78.5 Å². The molecule has 6 nitrogen and oxygen atoms in total. The van der Waals surface area contributed by atoms with E-state index in [0.717, 1.165) is 25.7 Å². The predicted molar refractivity (Wildman–Crippen MR) is 125 cm³/mol. The van der Waals surface area contributed by atoms with E-state index in [9.17, 15) is 14.7 Å². The Balaban J connectivity index is 1.64. The van der Waals surface area contributed by atoms with Gasteiger partial charge in [-0.25, -0.2) is 0 Å². The fourth-order valence-corrected chi connectivity index (χ4v) is 6.02. The maximum Gasteiger partial charge on any atom is 0.258 e. The zero-order chi connectivity index (χ0) is 23.5. The number of aliphatic hydroxyl groups is 1. The summed E-state index contributed by atoms with van der Waals surface area (Å²) in [4.78, 5) is 25.2. The number of fused-ring (bicyclic) bond motifs is 1. The number of nitrogens with one attached hydrogen (secondary N) is 2. The van der Waals surface area contributed by atoms with Crippen LogP contribution in [0, 0.1) is 29.1 Å². The molecular formula is C26H40N2O4. The molecule has 0 unspecified atom stereocenters. The van der Waals surface area contributed by atoms with Crippen molar-refractivity contribution < 1.29 is 19.4 Å². The number of carbonyl (C=O) groups is 2. The molecule has 0 aliphatic heterocycles. The average molecular weight is 445 g/mol. The highest BCUT2D eigenvalue weighted by Gasteiger charge is 2.53. The van der Waals surface area contributed by atoms with E-state index >= 15 is 0 Å². The molecule has 1 aromatic rings. The molecule has 3 N–H and O–H groups in total. The highest BCUT2D eigenvalue weighted by atomic mass is 16.5. The third kappa shape index (κ3) is 5.45. The SMILES string of the molecule is CC(C)NC(=O)[C@@H](C)[C@H]1CC[C@]2(C)CC[C@H](NC(=O)COc3ccccc3)[C@H](C)[C@@H]2[C@H]1O. The first kappa shape index (κ1) is 24.6. The molecule has 2 fully saturated rings. The van der Waals surface area contributed by atoms with Crippen molar-refractivity contribution in [1.29, 1.82) is 0 Å². The molecule has 0 saturated heterocycles. The number of para-hydroxylation sites is 1. The van der Waals surface area contributed by atoms with E-state index in [1.165, 1.54) is 0 Å². The van der Waals surface area contributed by atoms with Gasteiger partial charge in [0.15, 0.2) is 6.61 Å². The van der Waals surface area contributed by atoms with Crippen molar-refractivity contribution in [3.05, 3.63) is 30.3 Å². The molecule has 2 amide bonds. The largest absolute Gasteiger partial charge is 0.484 e. The minimum Gasteiger partial charge on any atom is -0.484 e. The topological polar surface area (TPSA) is 87.7 Å². The van der Waals surface area contributed by atoms with Gasteiger partial charge >= 0.3 is 0 Å². The van der Waals surface area contributed by atoms with Crippen LogP contribution in [0.4, 0.5) is 0 Å². The quantitative estimate of drug-likeness (QED) is 0.600. The van der Waals surface area contributed by atoms with Crippen LogP contribution in [0.2, 0.25) is 0 Å².